The van der Waals surface area contributed by atoms with Gasteiger partial charge in [0.25, 0.3) is 0 Å². The van der Waals surface area contributed by atoms with E-state index in [9.17, 15) is 0 Å². The molecule has 0 amide bonds. The highest BCUT2D eigenvalue weighted by Gasteiger charge is 2.04. The van der Waals surface area contributed by atoms with Gasteiger partial charge in [0, 0.05) is 17.2 Å². The number of nitrogens with zero attached hydrogens (tertiary/aromatic N) is 2. The van der Waals surface area contributed by atoms with E-state index < -0.39 is 0 Å². The van der Waals surface area contributed by atoms with Gasteiger partial charge in [-0.1, -0.05) is 23.4 Å². The van der Waals surface area contributed by atoms with Gasteiger partial charge in [-0.05, 0) is 31.0 Å². The summed E-state index contributed by atoms with van der Waals surface area (Å²) in [5.74, 6) is 1.02. The van der Waals surface area contributed by atoms with Crippen molar-refractivity contribution in [3.8, 4) is 6.07 Å². The van der Waals surface area contributed by atoms with Crippen LogP contribution in [0.25, 0.3) is 10.2 Å². The van der Waals surface area contributed by atoms with Gasteiger partial charge in [0.2, 0.25) is 0 Å². The summed E-state index contributed by atoms with van der Waals surface area (Å²) in [4.78, 5) is 4.52. The number of hydrogen-bond donors (Lipinski definition) is 0. The predicted octanol–water partition coefficient (Wildman–Crippen LogP) is 4.74. The zero-order valence-electron chi connectivity index (χ0n) is 9.15. The molecule has 5 heteroatoms. The number of rotatable bonds is 5. The van der Waals surface area contributed by atoms with Crippen LogP contribution in [0.5, 0.6) is 0 Å². The molecule has 0 N–H and O–H groups in total. The first-order valence-corrected chi connectivity index (χ1v) is 7.53. The predicted molar refractivity (Wildman–Crippen MR) is 74.8 cm³/mol. The van der Waals surface area contributed by atoms with Crippen LogP contribution in [-0.2, 0) is 0 Å². The largest absolute Gasteiger partial charge is 0.230 e. The zero-order chi connectivity index (χ0) is 12.1. The first-order chi connectivity index (χ1) is 8.29. The molecule has 0 atom stereocenters. The van der Waals surface area contributed by atoms with Crippen LogP contribution in [0, 0.1) is 11.3 Å². The van der Waals surface area contributed by atoms with Crippen molar-refractivity contribution in [3.05, 3.63) is 23.2 Å². The number of unbranched alkanes of at least 4 members (excludes halogenated alkanes) is 2. The third-order valence-electron chi connectivity index (χ3n) is 2.24. The average molecular weight is 283 g/mol. The molecule has 0 radical (unpaired) electrons. The van der Waals surface area contributed by atoms with E-state index in [1.54, 1.807) is 23.1 Å². The zero-order valence-corrected chi connectivity index (χ0v) is 11.5. The number of benzene rings is 1. The lowest BCUT2D eigenvalue weighted by Crippen LogP contribution is -1.79. The van der Waals surface area contributed by atoms with E-state index in [1.807, 2.05) is 18.2 Å². The summed E-state index contributed by atoms with van der Waals surface area (Å²) in [5, 5.41) is 9.15. The van der Waals surface area contributed by atoms with Crippen molar-refractivity contribution in [1.29, 1.82) is 5.26 Å². The van der Waals surface area contributed by atoms with Crippen molar-refractivity contribution in [2.24, 2.45) is 0 Å². The maximum atomic E-state index is 8.42. The summed E-state index contributed by atoms with van der Waals surface area (Å²) in [6, 6.07) is 7.95. The Bertz CT molecular complexity index is 545. The van der Waals surface area contributed by atoms with Crippen LogP contribution in [-0.4, -0.2) is 10.7 Å². The van der Waals surface area contributed by atoms with Gasteiger partial charge in [0.05, 0.1) is 16.3 Å². The highest BCUT2D eigenvalue weighted by molar-refractivity contribution is 8.01. The summed E-state index contributed by atoms with van der Waals surface area (Å²) in [5.41, 5.74) is 0.974. The van der Waals surface area contributed by atoms with Crippen LogP contribution in [0.2, 0.25) is 5.02 Å². The van der Waals surface area contributed by atoms with E-state index in [2.05, 4.69) is 11.1 Å². The Hall–Kier alpha value is -0.760. The minimum Gasteiger partial charge on any atom is -0.230 e. The summed E-state index contributed by atoms with van der Waals surface area (Å²) >= 11 is 9.37. The van der Waals surface area contributed by atoms with Gasteiger partial charge in [0.15, 0.2) is 4.34 Å². The van der Waals surface area contributed by atoms with Gasteiger partial charge < -0.3 is 0 Å². The summed E-state index contributed by atoms with van der Waals surface area (Å²) in [7, 11) is 0. The molecule has 0 fully saturated rings. The second-order valence-electron chi connectivity index (χ2n) is 3.56. The van der Waals surface area contributed by atoms with Crippen LogP contribution < -0.4 is 0 Å². The Morgan fingerprint density at radius 3 is 3.12 bits per heavy atom. The van der Waals surface area contributed by atoms with Crippen molar-refractivity contribution in [3.63, 3.8) is 0 Å². The molecule has 2 rings (SSSR count). The van der Waals surface area contributed by atoms with Crippen LogP contribution in [0.3, 0.4) is 0 Å². The molecule has 0 aliphatic rings. The molecular formula is C12H11ClN2S2. The van der Waals surface area contributed by atoms with Crippen molar-refractivity contribution >= 4 is 44.9 Å². The number of aromatic nitrogens is 1. The van der Waals surface area contributed by atoms with Crippen LogP contribution >= 0.6 is 34.7 Å². The fourth-order valence-electron chi connectivity index (χ4n) is 1.41. The fourth-order valence-corrected chi connectivity index (χ4v) is 3.69. The maximum Gasteiger partial charge on any atom is 0.151 e. The summed E-state index contributed by atoms with van der Waals surface area (Å²) in [6.45, 7) is 0. The van der Waals surface area contributed by atoms with Gasteiger partial charge >= 0.3 is 0 Å². The van der Waals surface area contributed by atoms with Crippen molar-refractivity contribution in [1.82, 2.24) is 4.98 Å². The summed E-state index contributed by atoms with van der Waals surface area (Å²) in [6.07, 6.45) is 2.69. The highest BCUT2D eigenvalue weighted by Crippen LogP contribution is 2.31. The van der Waals surface area contributed by atoms with Crippen LogP contribution in [0.15, 0.2) is 22.5 Å². The normalized spacial score (nSPS) is 10.6. The molecule has 0 aliphatic carbocycles. The van der Waals surface area contributed by atoms with E-state index in [-0.39, 0.29) is 0 Å². The maximum absolute atomic E-state index is 8.42. The van der Waals surface area contributed by atoms with Crippen molar-refractivity contribution in [2.45, 2.75) is 23.6 Å². The molecule has 0 unspecified atom stereocenters. The third kappa shape index (κ3) is 3.60. The number of halogens is 1. The molecular weight excluding hydrogens is 272 g/mol. The van der Waals surface area contributed by atoms with E-state index in [0.717, 1.165) is 33.5 Å². The minimum absolute atomic E-state index is 0.649. The Kier molecular flexibility index (Phi) is 4.66. The molecule has 2 nitrogen and oxygen atoms in total. The number of fused-ring (bicyclic) bond motifs is 1. The molecule has 2 aromatic rings. The standard InChI is InChI=1S/C12H11ClN2S2/c13-9-4-5-11-10(8-9)15-12(17-11)16-7-3-1-2-6-14/h4-5,8H,1-3,7H2. The smallest absolute Gasteiger partial charge is 0.151 e. The second kappa shape index (κ2) is 6.25. The lowest BCUT2D eigenvalue weighted by Gasteiger charge is -1.94. The number of nitriles is 1. The van der Waals surface area contributed by atoms with E-state index in [0.29, 0.717) is 6.42 Å². The van der Waals surface area contributed by atoms with E-state index >= 15 is 0 Å². The number of thiazole rings is 1. The second-order valence-corrected chi connectivity index (χ2v) is 6.36. The third-order valence-corrected chi connectivity index (χ3v) is 4.74. The fraction of sp³-hybridized carbons (Fsp3) is 0.333. The van der Waals surface area contributed by atoms with Crippen LogP contribution in [0.1, 0.15) is 19.3 Å². The van der Waals surface area contributed by atoms with E-state index in [1.165, 1.54) is 4.70 Å². The number of hydrogen-bond acceptors (Lipinski definition) is 4. The first kappa shape index (κ1) is 12.7. The molecule has 0 saturated carbocycles. The van der Waals surface area contributed by atoms with Crippen molar-refractivity contribution in [2.75, 3.05) is 5.75 Å². The quantitative estimate of drug-likeness (QED) is 0.587. The Balaban J connectivity index is 1.93. The first-order valence-electron chi connectivity index (χ1n) is 5.35. The van der Waals surface area contributed by atoms with Crippen LogP contribution in [0.4, 0.5) is 0 Å². The summed E-state index contributed by atoms with van der Waals surface area (Å²) < 4.78 is 2.26. The lowest BCUT2D eigenvalue weighted by atomic mass is 10.3. The molecule has 17 heavy (non-hydrogen) atoms. The molecule has 1 aromatic carbocycles. The minimum atomic E-state index is 0.649. The monoisotopic (exact) mass is 282 g/mol. The molecule has 0 spiro atoms. The van der Waals surface area contributed by atoms with Crippen molar-refractivity contribution < 1.29 is 0 Å². The average Bonchev–Trinajstić information content (AvgIpc) is 2.70. The Morgan fingerprint density at radius 2 is 2.29 bits per heavy atom. The SMILES string of the molecule is N#CCCCCSc1nc2cc(Cl)ccc2s1. The van der Waals surface area contributed by atoms with E-state index in [4.69, 9.17) is 16.9 Å². The lowest BCUT2D eigenvalue weighted by molar-refractivity contribution is 0.830. The number of thioether (sulfide) groups is 1. The molecule has 1 aromatic heterocycles. The molecule has 0 bridgehead atoms. The van der Waals surface area contributed by atoms with Gasteiger partial charge in [0.1, 0.15) is 0 Å². The topological polar surface area (TPSA) is 36.7 Å². The van der Waals surface area contributed by atoms with Gasteiger partial charge in [-0.25, -0.2) is 4.98 Å². The van der Waals surface area contributed by atoms with Gasteiger partial charge in [-0.3, -0.25) is 0 Å². The van der Waals surface area contributed by atoms with Gasteiger partial charge in [-0.2, -0.15) is 5.26 Å². The highest BCUT2D eigenvalue weighted by atomic mass is 35.5. The molecule has 1 heterocycles. The molecule has 0 saturated heterocycles. The van der Waals surface area contributed by atoms with Gasteiger partial charge in [-0.15, -0.1) is 11.3 Å². The molecule has 88 valence electrons. The molecule has 0 aliphatic heterocycles. The Labute approximate surface area is 114 Å². The Morgan fingerprint density at radius 1 is 1.41 bits per heavy atom.